The predicted molar refractivity (Wildman–Crippen MR) is 65.9 cm³/mol. The van der Waals surface area contributed by atoms with Crippen molar-refractivity contribution < 1.29 is 0 Å². The van der Waals surface area contributed by atoms with Crippen molar-refractivity contribution in [2.24, 2.45) is 23.2 Å². The molecule has 1 N–H and O–H groups in total. The Morgan fingerprint density at radius 1 is 1.20 bits per heavy atom. The van der Waals surface area contributed by atoms with Gasteiger partial charge in [-0.2, -0.15) is 0 Å². The summed E-state index contributed by atoms with van der Waals surface area (Å²) in [4.78, 5) is 0. The van der Waals surface area contributed by atoms with E-state index in [9.17, 15) is 0 Å². The monoisotopic (exact) mass is 209 g/mol. The highest BCUT2D eigenvalue weighted by atomic mass is 15.0. The van der Waals surface area contributed by atoms with Crippen LogP contribution < -0.4 is 5.32 Å². The van der Waals surface area contributed by atoms with Crippen LogP contribution in [0, 0.1) is 23.2 Å². The van der Waals surface area contributed by atoms with Gasteiger partial charge in [0.1, 0.15) is 0 Å². The molecule has 1 nitrogen and oxygen atoms in total. The fraction of sp³-hybridized carbons (Fsp3) is 1.00. The Labute approximate surface area is 95.0 Å². The third-order valence-corrected chi connectivity index (χ3v) is 4.52. The first-order valence-electron chi connectivity index (χ1n) is 6.57. The maximum absolute atomic E-state index is 3.65. The van der Waals surface area contributed by atoms with Gasteiger partial charge in [-0.15, -0.1) is 0 Å². The Balaban J connectivity index is 1.70. The standard InChI is InChI=1S/C14H27N/c1-10(2)11-6-14(7-11)8-12(14)9-15-13(3,4)5/h10-12,15H,6-9H2,1-5H3. The zero-order chi connectivity index (χ0) is 11.3. The van der Waals surface area contributed by atoms with Crippen molar-refractivity contribution in [3.8, 4) is 0 Å². The molecule has 0 amide bonds. The van der Waals surface area contributed by atoms with Crippen LogP contribution >= 0.6 is 0 Å². The van der Waals surface area contributed by atoms with E-state index >= 15 is 0 Å². The lowest BCUT2D eigenvalue weighted by Gasteiger charge is -2.40. The molecule has 1 heteroatoms. The number of nitrogens with one attached hydrogen (secondary N) is 1. The van der Waals surface area contributed by atoms with Crippen LogP contribution in [0.25, 0.3) is 0 Å². The summed E-state index contributed by atoms with van der Waals surface area (Å²) in [6.07, 6.45) is 4.53. The third-order valence-electron chi connectivity index (χ3n) is 4.52. The summed E-state index contributed by atoms with van der Waals surface area (Å²) in [7, 11) is 0. The van der Waals surface area contributed by atoms with Crippen molar-refractivity contribution >= 4 is 0 Å². The average molecular weight is 209 g/mol. The Bertz CT molecular complexity index is 230. The molecule has 88 valence electrons. The molecule has 0 saturated heterocycles. The van der Waals surface area contributed by atoms with E-state index in [-0.39, 0.29) is 0 Å². The zero-order valence-electron chi connectivity index (χ0n) is 11.1. The van der Waals surface area contributed by atoms with Gasteiger partial charge in [-0.05, 0) is 69.7 Å². The van der Waals surface area contributed by atoms with E-state index in [1.807, 2.05) is 0 Å². The number of hydrogen-bond donors (Lipinski definition) is 1. The quantitative estimate of drug-likeness (QED) is 0.750. The van der Waals surface area contributed by atoms with E-state index in [0.717, 1.165) is 23.2 Å². The third kappa shape index (κ3) is 2.38. The minimum atomic E-state index is 0.297. The largest absolute Gasteiger partial charge is 0.312 e. The van der Waals surface area contributed by atoms with Gasteiger partial charge in [-0.3, -0.25) is 0 Å². The summed E-state index contributed by atoms with van der Waals surface area (Å²) in [6.45, 7) is 12.8. The van der Waals surface area contributed by atoms with Gasteiger partial charge >= 0.3 is 0 Å². The second-order valence-corrected chi connectivity index (χ2v) is 7.31. The number of rotatable bonds is 3. The van der Waals surface area contributed by atoms with Crippen molar-refractivity contribution in [2.75, 3.05) is 6.54 Å². The molecule has 0 aromatic rings. The highest BCUT2D eigenvalue weighted by Gasteiger charge is 2.61. The van der Waals surface area contributed by atoms with Gasteiger partial charge in [0.2, 0.25) is 0 Å². The van der Waals surface area contributed by atoms with Crippen LogP contribution in [-0.2, 0) is 0 Å². The molecule has 0 bridgehead atoms. The molecule has 0 aromatic heterocycles. The zero-order valence-corrected chi connectivity index (χ0v) is 11.1. The van der Waals surface area contributed by atoms with Gasteiger partial charge in [0.15, 0.2) is 0 Å². The lowest BCUT2D eigenvalue weighted by molar-refractivity contribution is 0.104. The Kier molecular flexibility index (Phi) is 2.65. The average Bonchev–Trinajstić information content (AvgIpc) is 2.70. The summed E-state index contributed by atoms with van der Waals surface area (Å²) in [6, 6.07) is 0. The molecule has 0 heterocycles. The van der Waals surface area contributed by atoms with E-state index in [2.05, 4.69) is 39.9 Å². The lowest BCUT2D eigenvalue weighted by atomic mass is 9.66. The minimum Gasteiger partial charge on any atom is -0.312 e. The molecule has 15 heavy (non-hydrogen) atoms. The summed E-state index contributed by atoms with van der Waals surface area (Å²) < 4.78 is 0. The topological polar surface area (TPSA) is 12.0 Å². The highest BCUT2D eigenvalue weighted by molar-refractivity contribution is 5.11. The van der Waals surface area contributed by atoms with Crippen molar-refractivity contribution in [1.82, 2.24) is 5.32 Å². The maximum Gasteiger partial charge on any atom is 0.00966 e. The van der Waals surface area contributed by atoms with Gasteiger partial charge in [0, 0.05) is 5.54 Å². The Morgan fingerprint density at radius 3 is 2.27 bits per heavy atom. The van der Waals surface area contributed by atoms with Crippen LogP contribution in [0.15, 0.2) is 0 Å². The fourth-order valence-corrected chi connectivity index (χ4v) is 3.11. The SMILES string of the molecule is CC(C)C1CC2(C1)CC2CNC(C)(C)C. The van der Waals surface area contributed by atoms with Gasteiger partial charge in [0.25, 0.3) is 0 Å². The van der Waals surface area contributed by atoms with Crippen molar-refractivity contribution in [2.45, 2.75) is 59.4 Å². The molecule has 2 aliphatic rings. The predicted octanol–water partition coefficient (Wildman–Crippen LogP) is 3.45. The van der Waals surface area contributed by atoms with Crippen LogP contribution in [0.1, 0.15) is 53.9 Å². The molecule has 2 rings (SSSR count). The molecular weight excluding hydrogens is 182 g/mol. The first kappa shape index (κ1) is 11.4. The lowest BCUT2D eigenvalue weighted by Crippen LogP contribution is -2.39. The van der Waals surface area contributed by atoms with Gasteiger partial charge in [-0.1, -0.05) is 13.8 Å². The van der Waals surface area contributed by atoms with Crippen molar-refractivity contribution in [3.63, 3.8) is 0 Å². The normalized spacial score (nSPS) is 39.6. The summed E-state index contributed by atoms with van der Waals surface area (Å²) >= 11 is 0. The molecular formula is C14H27N. The smallest absolute Gasteiger partial charge is 0.00966 e. The van der Waals surface area contributed by atoms with Crippen LogP contribution in [-0.4, -0.2) is 12.1 Å². The van der Waals surface area contributed by atoms with Gasteiger partial charge < -0.3 is 5.32 Å². The van der Waals surface area contributed by atoms with Crippen molar-refractivity contribution in [3.05, 3.63) is 0 Å². The van der Waals surface area contributed by atoms with E-state index < -0.39 is 0 Å². The molecule has 1 atom stereocenters. The summed E-state index contributed by atoms with van der Waals surface area (Å²) in [5.74, 6) is 2.93. The van der Waals surface area contributed by atoms with Crippen molar-refractivity contribution in [1.29, 1.82) is 0 Å². The first-order chi connectivity index (χ1) is 6.82. The molecule has 0 radical (unpaired) electrons. The molecule has 0 aromatic carbocycles. The highest BCUT2D eigenvalue weighted by Crippen LogP contribution is 2.68. The molecule has 1 unspecified atom stereocenters. The van der Waals surface area contributed by atoms with Crippen LogP contribution in [0.3, 0.4) is 0 Å². The second kappa shape index (κ2) is 3.48. The fourth-order valence-electron chi connectivity index (χ4n) is 3.11. The minimum absolute atomic E-state index is 0.297. The molecule has 2 saturated carbocycles. The summed E-state index contributed by atoms with van der Waals surface area (Å²) in [5.41, 5.74) is 1.10. The van der Waals surface area contributed by atoms with Crippen LogP contribution in [0.4, 0.5) is 0 Å². The molecule has 0 aliphatic heterocycles. The molecule has 2 aliphatic carbocycles. The second-order valence-electron chi connectivity index (χ2n) is 7.31. The maximum atomic E-state index is 3.65. The van der Waals surface area contributed by atoms with E-state index in [4.69, 9.17) is 0 Å². The number of hydrogen-bond acceptors (Lipinski definition) is 1. The van der Waals surface area contributed by atoms with E-state index in [1.165, 1.54) is 25.8 Å². The van der Waals surface area contributed by atoms with E-state index in [0.29, 0.717) is 5.54 Å². The molecule has 1 spiro atoms. The Hall–Kier alpha value is -0.0400. The van der Waals surface area contributed by atoms with Crippen LogP contribution in [0.2, 0.25) is 0 Å². The molecule has 2 fully saturated rings. The van der Waals surface area contributed by atoms with E-state index in [1.54, 1.807) is 0 Å². The Morgan fingerprint density at radius 2 is 1.80 bits per heavy atom. The van der Waals surface area contributed by atoms with Gasteiger partial charge in [-0.25, -0.2) is 0 Å². The van der Waals surface area contributed by atoms with Gasteiger partial charge in [0.05, 0.1) is 0 Å². The summed E-state index contributed by atoms with van der Waals surface area (Å²) in [5, 5.41) is 3.65. The van der Waals surface area contributed by atoms with Crippen LogP contribution in [0.5, 0.6) is 0 Å². The first-order valence-corrected chi connectivity index (χ1v) is 6.57.